The van der Waals surface area contributed by atoms with E-state index in [1.165, 1.54) is 0 Å². The second kappa shape index (κ2) is 5.40. The van der Waals surface area contributed by atoms with Crippen LogP contribution in [0.5, 0.6) is 0 Å². The van der Waals surface area contributed by atoms with Gasteiger partial charge in [-0.3, -0.25) is 4.79 Å². The van der Waals surface area contributed by atoms with Gasteiger partial charge in [0.25, 0.3) is 5.91 Å². The number of hydrogen-bond donors (Lipinski definition) is 2. The number of rotatable bonds is 2. The lowest BCUT2D eigenvalue weighted by atomic mass is 9.90. The standard InChI is InChI=1S/C15H23N3O2/c1-15(2,3)12-7-10(8-13(16-4)17-12)14(20)18-6-5-11(19)9-18/h7-8,11,19H,5-6,9H2,1-4H3,(H,16,17). The number of aliphatic hydroxyl groups excluding tert-OH is 1. The Labute approximate surface area is 120 Å². The van der Waals surface area contributed by atoms with E-state index in [0.717, 1.165) is 5.69 Å². The number of anilines is 1. The number of nitrogens with one attached hydrogen (secondary N) is 1. The predicted octanol–water partition coefficient (Wildman–Crippen LogP) is 1.63. The molecule has 0 bridgehead atoms. The molecule has 1 amide bonds. The van der Waals surface area contributed by atoms with Gasteiger partial charge in [0.05, 0.1) is 6.10 Å². The maximum absolute atomic E-state index is 12.5. The zero-order valence-electron chi connectivity index (χ0n) is 12.6. The van der Waals surface area contributed by atoms with Crippen molar-refractivity contribution in [1.29, 1.82) is 0 Å². The molecule has 20 heavy (non-hydrogen) atoms. The van der Waals surface area contributed by atoms with E-state index >= 15 is 0 Å². The van der Waals surface area contributed by atoms with Crippen molar-refractivity contribution in [2.24, 2.45) is 0 Å². The SMILES string of the molecule is CNc1cc(C(=O)N2CCC(O)C2)cc(C(C)(C)C)n1. The zero-order valence-corrected chi connectivity index (χ0v) is 12.6. The van der Waals surface area contributed by atoms with Gasteiger partial charge < -0.3 is 15.3 Å². The first-order chi connectivity index (χ1) is 9.31. The molecule has 1 aromatic heterocycles. The van der Waals surface area contributed by atoms with Crippen LogP contribution in [0.15, 0.2) is 12.1 Å². The van der Waals surface area contributed by atoms with Crippen molar-refractivity contribution >= 4 is 11.7 Å². The molecule has 1 aliphatic rings. The molecule has 2 heterocycles. The molecule has 1 unspecified atom stereocenters. The molecule has 0 saturated carbocycles. The van der Waals surface area contributed by atoms with E-state index in [2.05, 4.69) is 31.1 Å². The van der Waals surface area contributed by atoms with Crippen molar-refractivity contribution in [3.63, 3.8) is 0 Å². The summed E-state index contributed by atoms with van der Waals surface area (Å²) in [4.78, 5) is 18.7. The number of carbonyl (C=O) groups is 1. The van der Waals surface area contributed by atoms with Gasteiger partial charge in [0.15, 0.2) is 0 Å². The third kappa shape index (κ3) is 3.10. The minimum absolute atomic E-state index is 0.0362. The van der Waals surface area contributed by atoms with Crippen molar-refractivity contribution in [1.82, 2.24) is 9.88 Å². The number of amides is 1. The molecule has 1 fully saturated rings. The summed E-state index contributed by atoms with van der Waals surface area (Å²) in [5.74, 6) is 0.659. The summed E-state index contributed by atoms with van der Waals surface area (Å²) in [7, 11) is 1.79. The summed E-state index contributed by atoms with van der Waals surface area (Å²) >= 11 is 0. The Hall–Kier alpha value is -1.62. The van der Waals surface area contributed by atoms with Gasteiger partial charge in [-0.15, -0.1) is 0 Å². The summed E-state index contributed by atoms with van der Waals surface area (Å²) in [6.07, 6.45) is 0.258. The molecule has 5 heteroatoms. The van der Waals surface area contributed by atoms with E-state index in [-0.39, 0.29) is 11.3 Å². The highest BCUT2D eigenvalue weighted by Gasteiger charge is 2.27. The predicted molar refractivity (Wildman–Crippen MR) is 79.0 cm³/mol. The maximum Gasteiger partial charge on any atom is 0.254 e. The maximum atomic E-state index is 12.5. The van der Waals surface area contributed by atoms with Gasteiger partial charge in [0.1, 0.15) is 5.82 Å². The fraction of sp³-hybridized carbons (Fsp3) is 0.600. The first-order valence-electron chi connectivity index (χ1n) is 6.99. The van der Waals surface area contributed by atoms with E-state index in [9.17, 15) is 9.90 Å². The molecule has 1 aliphatic heterocycles. The fourth-order valence-electron chi connectivity index (χ4n) is 2.28. The van der Waals surface area contributed by atoms with Gasteiger partial charge in [-0.2, -0.15) is 0 Å². The molecule has 0 aromatic carbocycles. The molecular formula is C15H23N3O2. The van der Waals surface area contributed by atoms with Gasteiger partial charge in [0.2, 0.25) is 0 Å². The molecule has 0 spiro atoms. The van der Waals surface area contributed by atoms with Crippen LogP contribution in [-0.2, 0) is 5.41 Å². The van der Waals surface area contributed by atoms with Crippen molar-refractivity contribution in [2.45, 2.75) is 38.7 Å². The van der Waals surface area contributed by atoms with Crippen LogP contribution in [0.1, 0.15) is 43.2 Å². The Balaban J connectivity index is 2.33. The lowest BCUT2D eigenvalue weighted by Crippen LogP contribution is -2.30. The van der Waals surface area contributed by atoms with E-state index in [0.29, 0.717) is 30.9 Å². The Bertz CT molecular complexity index is 508. The topological polar surface area (TPSA) is 65.5 Å². The van der Waals surface area contributed by atoms with Crippen LogP contribution in [0.4, 0.5) is 5.82 Å². The molecule has 0 aliphatic carbocycles. The number of nitrogens with zero attached hydrogens (tertiary/aromatic N) is 2. The third-order valence-electron chi connectivity index (χ3n) is 3.55. The first-order valence-corrected chi connectivity index (χ1v) is 6.99. The average Bonchev–Trinajstić information content (AvgIpc) is 2.83. The molecule has 1 saturated heterocycles. The number of hydrogen-bond acceptors (Lipinski definition) is 4. The highest BCUT2D eigenvalue weighted by Crippen LogP contribution is 2.24. The monoisotopic (exact) mass is 277 g/mol. The third-order valence-corrected chi connectivity index (χ3v) is 3.55. The molecule has 110 valence electrons. The number of pyridine rings is 1. The van der Waals surface area contributed by atoms with E-state index in [4.69, 9.17) is 0 Å². The van der Waals surface area contributed by atoms with Crippen molar-refractivity contribution in [3.05, 3.63) is 23.4 Å². The second-order valence-electron chi connectivity index (χ2n) is 6.32. The van der Waals surface area contributed by atoms with Crippen LogP contribution in [0.3, 0.4) is 0 Å². The van der Waals surface area contributed by atoms with E-state index in [1.807, 2.05) is 6.07 Å². The molecule has 2 rings (SSSR count). The fourth-order valence-corrected chi connectivity index (χ4v) is 2.28. The van der Waals surface area contributed by atoms with Crippen LogP contribution in [0.2, 0.25) is 0 Å². The molecular weight excluding hydrogens is 254 g/mol. The number of β-amino-alcohol motifs (C(OH)–C–C–N with tert-alkyl or cyclic N) is 1. The van der Waals surface area contributed by atoms with Gasteiger partial charge in [-0.1, -0.05) is 20.8 Å². The smallest absolute Gasteiger partial charge is 0.254 e. The average molecular weight is 277 g/mol. The van der Waals surface area contributed by atoms with E-state index in [1.54, 1.807) is 18.0 Å². The van der Waals surface area contributed by atoms with Gasteiger partial charge in [0, 0.05) is 36.8 Å². The Morgan fingerprint density at radius 1 is 1.45 bits per heavy atom. The molecule has 1 aromatic rings. The minimum Gasteiger partial charge on any atom is -0.391 e. The number of likely N-dealkylation sites (tertiary alicyclic amines) is 1. The van der Waals surface area contributed by atoms with Crippen LogP contribution < -0.4 is 5.32 Å². The molecule has 0 radical (unpaired) electrons. The van der Waals surface area contributed by atoms with Crippen LogP contribution >= 0.6 is 0 Å². The van der Waals surface area contributed by atoms with Crippen LogP contribution in [0, 0.1) is 0 Å². The van der Waals surface area contributed by atoms with Crippen LogP contribution in [0.25, 0.3) is 0 Å². The van der Waals surface area contributed by atoms with E-state index < -0.39 is 6.10 Å². The molecule has 1 atom stereocenters. The Morgan fingerprint density at radius 3 is 2.65 bits per heavy atom. The van der Waals surface area contributed by atoms with Crippen molar-refractivity contribution < 1.29 is 9.90 Å². The number of aromatic nitrogens is 1. The molecule has 2 N–H and O–H groups in total. The Kier molecular flexibility index (Phi) is 3.99. The highest BCUT2D eigenvalue weighted by atomic mass is 16.3. The normalized spacial score (nSPS) is 19.2. The zero-order chi connectivity index (χ0) is 14.9. The summed E-state index contributed by atoms with van der Waals surface area (Å²) in [5.41, 5.74) is 1.39. The van der Waals surface area contributed by atoms with Crippen molar-refractivity contribution in [3.8, 4) is 0 Å². The lowest BCUT2D eigenvalue weighted by Gasteiger charge is -2.21. The second-order valence-corrected chi connectivity index (χ2v) is 6.32. The van der Waals surface area contributed by atoms with Gasteiger partial charge >= 0.3 is 0 Å². The molecule has 5 nitrogen and oxygen atoms in total. The summed E-state index contributed by atoms with van der Waals surface area (Å²) in [6, 6.07) is 3.62. The summed E-state index contributed by atoms with van der Waals surface area (Å²) in [5, 5.41) is 12.6. The highest BCUT2D eigenvalue weighted by molar-refractivity contribution is 5.95. The Morgan fingerprint density at radius 2 is 2.15 bits per heavy atom. The summed E-state index contributed by atoms with van der Waals surface area (Å²) < 4.78 is 0. The summed E-state index contributed by atoms with van der Waals surface area (Å²) in [6.45, 7) is 7.25. The van der Waals surface area contributed by atoms with Crippen LogP contribution in [-0.4, -0.2) is 47.1 Å². The minimum atomic E-state index is -0.397. The van der Waals surface area contributed by atoms with Gasteiger partial charge in [-0.25, -0.2) is 4.98 Å². The first kappa shape index (κ1) is 14.8. The van der Waals surface area contributed by atoms with Crippen molar-refractivity contribution in [2.75, 3.05) is 25.5 Å². The number of aliphatic hydroxyl groups is 1. The largest absolute Gasteiger partial charge is 0.391 e. The van der Waals surface area contributed by atoms with Gasteiger partial charge in [-0.05, 0) is 18.6 Å². The number of carbonyl (C=O) groups excluding carboxylic acids is 1. The quantitative estimate of drug-likeness (QED) is 0.862. The lowest BCUT2D eigenvalue weighted by molar-refractivity contribution is 0.0764.